The molecule has 1 aliphatic carbocycles. The van der Waals surface area contributed by atoms with Crippen LogP contribution in [0.1, 0.15) is 42.0 Å². The van der Waals surface area contributed by atoms with Gasteiger partial charge in [0.05, 0.1) is 16.7 Å². The van der Waals surface area contributed by atoms with Crippen LogP contribution in [-0.2, 0) is 4.84 Å². The zero-order valence-corrected chi connectivity index (χ0v) is 18.1. The van der Waals surface area contributed by atoms with E-state index in [2.05, 4.69) is 83.1 Å². The maximum Gasteiger partial charge on any atom is 0.224 e. The highest BCUT2D eigenvalue weighted by Gasteiger charge is 2.26. The van der Waals surface area contributed by atoms with Crippen molar-refractivity contribution in [2.45, 2.75) is 38.2 Å². The SMILES string of the molecule is Cc1ccc(C2=NOC(CNc3ncc(Br)c(Nc4cc(C5CC5)[nH]n4)n3)C2)cc1. The number of aryl methyl sites for hydroxylation is 1. The van der Waals surface area contributed by atoms with Crippen LogP contribution in [0.4, 0.5) is 17.6 Å². The van der Waals surface area contributed by atoms with Crippen molar-refractivity contribution in [2.75, 3.05) is 17.2 Å². The molecule has 2 aromatic heterocycles. The number of nitrogens with one attached hydrogen (secondary N) is 3. The van der Waals surface area contributed by atoms with E-state index in [9.17, 15) is 0 Å². The molecular weight excluding hydrogens is 446 g/mol. The van der Waals surface area contributed by atoms with Gasteiger partial charge in [-0.1, -0.05) is 35.0 Å². The molecule has 0 spiro atoms. The van der Waals surface area contributed by atoms with Gasteiger partial charge in [0.15, 0.2) is 11.6 Å². The normalized spacial score (nSPS) is 18.1. The molecular formula is C21H22BrN7O. The maximum atomic E-state index is 5.58. The van der Waals surface area contributed by atoms with Crippen molar-refractivity contribution in [1.82, 2.24) is 20.2 Å². The number of nitrogens with zero attached hydrogens (tertiary/aromatic N) is 4. The van der Waals surface area contributed by atoms with E-state index in [-0.39, 0.29) is 6.10 Å². The van der Waals surface area contributed by atoms with E-state index in [4.69, 9.17) is 4.84 Å². The van der Waals surface area contributed by atoms with E-state index in [1.807, 2.05) is 6.07 Å². The second-order valence-corrected chi connectivity index (χ2v) is 8.57. The Balaban J connectivity index is 1.18. The Labute approximate surface area is 182 Å². The molecule has 1 aliphatic heterocycles. The summed E-state index contributed by atoms with van der Waals surface area (Å²) < 4.78 is 0.770. The van der Waals surface area contributed by atoms with Gasteiger partial charge in [0.2, 0.25) is 5.95 Å². The van der Waals surface area contributed by atoms with Gasteiger partial charge in [-0.3, -0.25) is 5.10 Å². The number of anilines is 3. The third-order valence-corrected chi connectivity index (χ3v) is 5.79. The molecule has 0 amide bonds. The highest BCUT2D eigenvalue weighted by molar-refractivity contribution is 9.10. The zero-order valence-electron chi connectivity index (χ0n) is 16.5. The average molecular weight is 468 g/mol. The Bertz CT molecular complexity index is 1080. The first-order valence-electron chi connectivity index (χ1n) is 10.0. The average Bonchev–Trinajstić information content (AvgIpc) is 3.31. The van der Waals surface area contributed by atoms with Gasteiger partial charge in [-0.25, -0.2) is 4.98 Å². The van der Waals surface area contributed by atoms with E-state index in [0.717, 1.165) is 28.0 Å². The van der Waals surface area contributed by atoms with E-state index >= 15 is 0 Å². The number of oxime groups is 1. The molecule has 30 heavy (non-hydrogen) atoms. The van der Waals surface area contributed by atoms with Crippen molar-refractivity contribution in [3.05, 3.63) is 57.8 Å². The lowest BCUT2D eigenvalue weighted by molar-refractivity contribution is 0.0948. The molecule has 3 N–H and O–H groups in total. The maximum absolute atomic E-state index is 5.58. The summed E-state index contributed by atoms with van der Waals surface area (Å²) in [5, 5.41) is 18.1. The quantitative estimate of drug-likeness (QED) is 0.472. The smallest absolute Gasteiger partial charge is 0.224 e. The molecule has 0 bridgehead atoms. The summed E-state index contributed by atoms with van der Waals surface area (Å²) in [6, 6.07) is 10.4. The summed E-state index contributed by atoms with van der Waals surface area (Å²) in [6.45, 7) is 2.64. The van der Waals surface area contributed by atoms with Crippen molar-refractivity contribution >= 4 is 39.2 Å². The van der Waals surface area contributed by atoms with Crippen LogP contribution in [-0.4, -0.2) is 38.5 Å². The Morgan fingerprint density at radius 1 is 1.23 bits per heavy atom. The summed E-state index contributed by atoms with van der Waals surface area (Å²) in [7, 11) is 0. The molecule has 1 fully saturated rings. The molecule has 1 saturated carbocycles. The summed E-state index contributed by atoms with van der Waals surface area (Å²) in [4.78, 5) is 14.5. The molecule has 8 nitrogen and oxygen atoms in total. The van der Waals surface area contributed by atoms with Gasteiger partial charge >= 0.3 is 0 Å². The fourth-order valence-corrected chi connectivity index (χ4v) is 3.61. The Morgan fingerprint density at radius 2 is 2.07 bits per heavy atom. The lowest BCUT2D eigenvalue weighted by Crippen LogP contribution is -2.21. The number of halogens is 1. The van der Waals surface area contributed by atoms with Crippen molar-refractivity contribution in [2.24, 2.45) is 5.16 Å². The molecule has 0 saturated heterocycles. The van der Waals surface area contributed by atoms with Crippen LogP contribution in [0.15, 0.2) is 46.2 Å². The molecule has 3 aromatic rings. The molecule has 3 heterocycles. The van der Waals surface area contributed by atoms with Gasteiger partial charge in [-0.2, -0.15) is 10.1 Å². The predicted molar refractivity (Wildman–Crippen MR) is 119 cm³/mol. The van der Waals surface area contributed by atoms with Crippen LogP contribution in [0.5, 0.6) is 0 Å². The Kier molecular flexibility index (Phi) is 5.12. The lowest BCUT2D eigenvalue weighted by atomic mass is 10.0. The van der Waals surface area contributed by atoms with Crippen LogP contribution >= 0.6 is 15.9 Å². The number of hydrogen-bond donors (Lipinski definition) is 3. The number of aromatic amines is 1. The topological polar surface area (TPSA) is 100 Å². The van der Waals surface area contributed by atoms with Crippen molar-refractivity contribution < 1.29 is 4.84 Å². The van der Waals surface area contributed by atoms with Crippen LogP contribution in [0.25, 0.3) is 0 Å². The molecule has 0 radical (unpaired) electrons. The van der Waals surface area contributed by atoms with E-state index in [1.165, 1.54) is 24.1 Å². The van der Waals surface area contributed by atoms with Crippen LogP contribution in [0.2, 0.25) is 0 Å². The van der Waals surface area contributed by atoms with Gasteiger partial charge in [0, 0.05) is 30.3 Å². The van der Waals surface area contributed by atoms with Gasteiger partial charge in [0.1, 0.15) is 6.10 Å². The molecule has 2 aliphatic rings. The third-order valence-electron chi connectivity index (χ3n) is 5.21. The van der Waals surface area contributed by atoms with Crippen LogP contribution < -0.4 is 10.6 Å². The number of hydrogen-bond acceptors (Lipinski definition) is 7. The van der Waals surface area contributed by atoms with Crippen molar-refractivity contribution in [3.8, 4) is 0 Å². The van der Waals surface area contributed by atoms with Crippen LogP contribution in [0, 0.1) is 6.92 Å². The van der Waals surface area contributed by atoms with Gasteiger partial charge in [0.25, 0.3) is 0 Å². The molecule has 5 rings (SSSR count). The number of H-pyrrole nitrogens is 1. The second-order valence-electron chi connectivity index (χ2n) is 7.71. The Morgan fingerprint density at radius 3 is 2.87 bits per heavy atom. The van der Waals surface area contributed by atoms with E-state index in [0.29, 0.717) is 24.2 Å². The van der Waals surface area contributed by atoms with E-state index in [1.54, 1.807) is 6.20 Å². The van der Waals surface area contributed by atoms with Gasteiger partial charge < -0.3 is 15.5 Å². The highest BCUT2D eigenvalue weighted by atomic mass is 79.9. The molecule has 154 valence electrons. The summed E-state index contributed by atoms with van der Waals surface area (Å²) in [6.07, 6.45) is 4.86. The zero-order chi connectivity index (χ0) is 20.5. The second kappa shape index (κ2) is 8.06. The first-order chi connectivity index (χ1) is 14.6. The van der Waals surface area contributed by atoms with Crippen molar-refractivity contribution in [1.29, 1.82) is 0 Å². The summed E-state index contributed by atoms with van der Waals surface area (Å²) in [5.74, 6) is 2.55. The van der Waals surface area contributed by atoms with Crippen molar-refractivity contribution in [3.63, 3.8) is 0 Å². The largest absolute Gasteiger partial charge is 0.390 e. The first-order valence-corrected chi connectivity index (χ1v) is 10.8. The Hall–Kier alpha value is -2.94. The minimum atomic E-state index is -0.0580. The monoisotopic (exact) mass is 467 g/mol. The first kappa shape index (κ1) is 19.0. The minimum absolute atomic E-state index is 0.0580. The van der Waals surface area contributed by atoms with E-state index < -0.39 is 0 Å². The van der Waals surface area contributed by atoms with Gasteiger partial charge in [-0.15, -0.1) is 0 Å². The van der Waals surface area contributed by atoms with Gasteiger partial charge in [-0.05, 0) is 41.3 Å². The number of aromatic nitrogens is 4. The minimum Gasteiger partial charge on any atom is -0.390 e. The molecule has 1 aromatic carbocycles. The highest BCUT2D eigenvalue weighted by Crippen LogP contribution is 2.39. The summed E-state index contributed by atoms with van der Waals surface area (Å²) in [5.41, 5.74) is 4.46. The standard InChI is InChI=1S/C21H22BrN7O/c1-12-2-4-14(5-3-12)18-8-15(30-29-18)10-23-21-24-11-16(22)20(26-21)25-19-9-17(27-28-19)13-6-7-13/h2-5,9,11,13,15H,6-8,10H2,1H3,(H3,23,24,25,26,27,28). The number of benzene rings is 1. The fourth-order valence-electron chi connectivity index (χ4n) is 3.32. The lowest BCUT2D eigenvalue weighted by Gasteiger charge is -2.11. The molecule has 1 atom stereocenters. The summed E-state index contributed by atoms with van der Waals surface area (Å²) >= 11 is 3.50. The van der Waals surface area contributed by atoms with Crippen LogP contribution in [0.3, 0.4) is 0 Å². The fraction of sp³-hybridized carbons (Fsp3) is 0.333. The molecule has 9 heteroatoms. The molecule has 1 unspecified atom stereocenters. The number of rotatable bonds is 7. The third kappa shape index (κ3) is 4.30. The predicted octanol–water partition coefficient (Wildman–Crippen LogP) is 4.50.